The number of phosphoric ester groups is 1. The van der Waals surface area contributed by atoms with Crippen molar-refractivity contribution in [1.29, 1.82) is 0 Å². The van der Waals surface area contributed by atoms with Crippen LogP contribution >= 0.6 is 27.2 Å². The normalized spacial score (nSPS) is 23.7. The van der Waals surface area contributed by atoms with Gasteiger partial charge < -0.3 is 24.8 Å². The number of esters is 1. The molecule has 2 aromatic heterocycles. The molecular weight excluding hydrogens is 661 g/mol. The predicted molar refractivity (Wildman–Crippen MR) is 159 cm³/mol. The number of hydrogen-bond acceptors (Lipinski definition) is 14. The second-order valence-electron chi connectivity index (χ2n) is 11.1. The predicted octanol–water partition coefficient (Wildman–Crippen LogP) is 4.20. The number of phosphoric acid groups is 1. The van der Waals surface area contributed by atoms with E-state index in [1.807, 2.05) is 20.8 Å². The fraction of sp³-hybridized carbons (Fsp3) is 0.520. The van der Waals surface area contributed by atoms with Crippen molar-refractivity contribution in [2.24, 2.45) is 5.41 Å². The maximum absolute atomic E-state index is 15.3. The Morgan fingerprint density at radius 1 is 1.27 bits per heavy atom. The Morgan fingerprint density at radius 3 is 2.60 bits per heavy atom. The van der Waals surface area contributed by atoms with Gasteiger partial charge in [0.05, 0.1) is 19.5 Å². The highest BCUT2D eigenvalue weighted by Crippen LogP contribution is 2.63. The van der Waals surface area contributed by atoms with Crippen LogP contribution in [0.3, 0.4) is 0 Å². The van der Waals surface area contributed by atoms with Gasteiger partial charge in [0, 0.05) is 7.11 Å². The summed E-state index contributed by atoms with van der Waals surface area (Å²) in [6.07, 6.45) is -5.56. The Hall–Kier alpha value is -2.72. The van der Waals surface area contributed by atoms with Gasteiger partial charge in [-0.25, -0.2) is 18.5 Å². The average molecular weight is 695 g/mol. The van der Waals surface area contributed by atoms with Crippen LogP contribution in [0.25, 0.3) is 11.2 Å². The number of aliphatic hydroxyl groups is 1. The highest BCUT2D eigenvalue weighted by molar-refractivity contribution is 7.64. The molecule has 248 valence electrons. The molecule has 7 atom stereocenters. The Morgan fingerprint density at radius 2 is 1.96 bits per heavy atom. The first-order valence-electron chi connectivity index (χ1n) is 13.5. The molecular formula is C25H34ClFN6O10P2. The summed E-state index contributed by atoms with van der Waals surface area (Å²) >= 11 is 5.89. The van der Waals surface area contributed by atoms with Crippen LogP contribution in [0.5, 0.6) is 5.75 Å². The lowest BCUT2D eigenvalue weighted by Gasteiger charge is -2.26. The van der Waals surface area contributed by atoms with E-state index in [1.165, 1.54) is 25.4 Å². The van der Waals surface area contributed by atoms with Gasteiger partial charge in [0.1, 0.15) is 29.5 Å². The van der Waals surface area contributed by atoms with Crippen LogP contribution in [-0.2, 0) is 36.8 Å². The third-order valence-corrected chi connectivity index (χ3v) is 10.0. The minimum absolute atomic E-state index is 0.0287. The van der Waals surface area contributed by atoms with Crippen LogP contribution in [0.2, 0.25) is 5.28 Å². The van der Waals surface area contributed by atoms with E-state index in [0.717, 1.165) is 11.7 Å². The van der Waals surface area contributed by atoms with Crippen molar-refractivity contribution in [1.82, 2.24) is 24.6 Å². The zero-order valence-electron chi connectivity index (χ0n) is 24.9. The van der Waals surface area contributed by atoms with Gasteiger partial charge in [-0.2, -0.15) is 19.4 Å². The fourth-order valence-electron chi connectivity index (χ4n) is 3.96. The first-order chi connectivity index (χ1) is 21.0. The molecule has 0 spiro atoms. The zero-order chi connectivity index (χ0) is 33.2. The second-order valence-corrected chi connectivity index (χ2v) is 15.1. The summed E-state index contributed by atoms with van der Waals surface area (Å²) in [5, 5.41) is 12.7. The number of carbonyl (C=O) groups excluding carboxylic acids is 1. The molecule has 20 heteroatoms. The minimum Gasteiger partial charge on any atom is -0.464 e. The SMILES string of the molecule is COP(=O)(OCC1OC(n2cnc3c(N)nc(Cl)nc32)C(F)C1O)OP(=O)(N[C@@H](C)C(=O)OCC(C)(C)C)Oc1ccccc1. The molecule has 3 heterocycles. The molecule has 4 rings (SSSR count). The van der Waals surface area contributed by atoms with Crippen molar-refractivity contribution in [3.05, 3.63) is 41.9 Å². The number of nitrogens with one attached hydrogen (secondary N) is 1. The number of nitrogen functional groups attached to an aromatic ring is 1. The zero-order valence-corrected chi connectivity index (χ0v) is 27.4. The van der Waals surface area contributed by atoms with E-state index in [4.69, 9.17) is 44.7 Å². The molecule has 1 fully saturated rings. The third-order valence-electron chi connectivity index (χ3n) is 6.14. The maximum Gasteiger partial charge on any atom is 0.483 e. The number of para-hydroxylation sites is 1. The van der Waals surface area contributed by atoms with Crippen molar-refractivity contribution in [2.75, 3.05) is 26.1 Å². The topological polar surface area (TPSA) is 208 Å². The number of hydrogen-bond donors (Lipinski definition) is 3. The number of anilines is 1. The Kier molecular flexibility index (Phi) is 10.9. The van der Waals surface area contributed by atoms with Crippen molar-refractivity contribution < 1.29 is 50.8 Å². The van der Waals surface area contributed by atoms with Crippen LogP contribution < -0.4 is 15.3 Å². The molecule has 3 aromatic rings. The summed E-state index contributed by atoms with van der Waals surface area (Å²) in [7, 11) is -8.59. The molecule has 0 bridgehead atoms. The summed E-state index contributed by atoms with van der Waals surface area (Å²) < 4.78 is 75.8. The van der Waals surface area contributed by atoms with Gasteiger partial charge >= 0.3 is 21.5 Å². The Bertz CT molecular complexity index is 1600. The smallest absolute Gasteiger partial charge is 0.464 e. The van der Waals surface area contributed by atoms with Crippen LogP contribution in [0.15, 0.2) is 36.7 Å². The van der Waals surface area contributed by atoms with Gasteiger partial charge in [-0.15, -0.1) is 0 Å². The van der Waals surface area contributed by atoms with E-state index in [2.05, 4.69) is 20.0 Å². The van der Waals surface area contributed by atoms with E-state index in [9.17, 15) is 19.0 Å². The summed E-state index contributed by atoms with van der Waals surface area (Å²) in [4.78, 5) is 24.4. The number of imidazole rings is 1. The van der Waals surface area contributed by atoms with Crippen LogP contribution in [0.4, 0.5) is 10.2 Å². The first-order valence-corrected chi connectivity index (χ1v) is 16.8. The van der Waals surface area contributed by atoms with Crippen LogP contribution in [0, 0.1) is 5.41 Å². The molecule has 1 saturated heterocycles. The number of alkyl halides is 1. The largest absolute Gasteiger partial charge is 0.483 e. The van der Waals surface area contributed by atoms with Crippen LogP contribution in [-0.4, -0.2) is 75.3 Å². The maximum atomic E-state index is 15.3. The number of aromatic nitrogens is 4. The standard InChI is InChI=1S/C25H34ClFN6O10P2/c1-14(23(35)39-12-25(2,3)4)32-44(36,42-15-9-7-6-8-10-15)43-45(37,38-5)40-11-16-19(34)17(27)22(41-16)33-13-29-18-20(28)30-24(26)31-21(18)33/h6-10,13-14,16-17,19,22,34H,11-12H2,1-5H3,(H,32,36)(H2,28,30,31)/t14-,16?,17?,19?,22?,44?,45?/m0/s1. The molecule has 1 aliphatic rings. The van der Waals surface area contributed by atoms with E-state index in [-0.39, 0.29) is 40.0 Å². The van der Waals surface area contributed by atoms with Crippen molar-refractivity contribution in [2.45, 2.75) is 58.3 Å². The number of ether oxygens (including phenoxy) is 2. The monoisotopic (exact) mass is 694 g/mol. The highest BCUT2D eigenvalue weighted by Gasteiger charge is 2.48. The van der Waals surface area contributed by atoms with Gasteiger partial charge in [0.15, 0.2) is 23.9 Å². The molecule has 16 nitrogen and oxygen atoms in total. The number of fused-ring (bicyclic) bond motifs is 1. The molecule has 45 heavy (non-hydrogen) atoms. The van der Waals surface area contributed by atoms with E-state index in [1.54, 1.807) is 18.2 Å². The van der Waals surface area contributed by atoms with Crippen molar-refractivity contribution in [3.63, 3.8) is 0 Å². The number of rotatable bonds is 13. The second kappa shape index (κ2) is 14.0. The van der Waals surface area contributed by atoms with Crippen molar-refractivity contribution in [3.8, 4) is 5.75 Å². The molecule has 6 unspecified atom stereocenters. The fourth-order valence-corrected chi connectivity index (χ4v) is 7.43. The molecule has 0 radical (unpaired) electrons. The summed E-state index contributed by atoms with van der Waals surface area (Å²) in [6.45, 7) is 6.20. The summed E-state index contributed by atoms with van der Waals surface area (Å²) in [6, 6.07) is 6.43. The molecule has 1 aliphatic heterocycles. The number of aliphatic hydroxyl groups excluding tert-OH is 1. The van der Waals surface area contributed by atoms with E-state index >= 15 is 4.39 Å². The molecule has 0 amide bonds. The molecule has 4 N–H and O–H groups in total. The number of halogens is 2. The lowest BCUT2D eigenvalue weighted by Crippen LogP contribution is -2.36. The van der Waals surface area contributed by atoms with Gasteiger partial charge in [-0.3, -0.25) is 18.4 Å². The van der Waals surface area contributed by atoms with Gasteiger partial charge in [-0.1, -0.05) is 39.0 Å². The lowest BCUT2D eigenvalue weighted by molar-refractivity contribution is -0.148. The van der Waals surface area contributed by atoms with Crippen LogP contribution in [0.1, 0.15) is 33.9 Å². The van der Waals surface area contributed by atoms with Gasteiger partial charge in [0.25, 0.3) is 0 Å². The summed E-state index contributed by atoms with van der Waals surface area (Å²) in [5.41, 5.74) is 5.63. The van der Waals surface area contributed by atoms with Gasteiger partial charge in [-0.05, 0) is 36.1 Å². The molecule has 1 aromatic carbocycles. The molecule has 0 aliphatic carbocycles. The number of nitrogens with two attached hydrogens (primary N) is 1. The number of benzene rings is 1. The minimum atomic E-state index is -4.81. The van der Waals surface area contributed by atoms with Gasteiger partial charge in [0.2, 0.25) is 5.28 Å². The summed E-state index contributed by atoms with van der Waals surface area (Å²) in [5.74, 6) is -0.814. The highest BCUT2D eigenvalue weighted by atomic mass is 35.5. The number of nitrogens with zero attached hydrogens (tertiary/aromatic N) is 4. The Labute approximate surface area is 262 Å². The average Bonchev–Trinajstić information content (AvgIpc) is 3.50. The van der Waals surface area contributed by atoms with E-state index in [0.29, 0.717) is 0 Å². The third kappa shape index (κ3) is 8.76. The van der Waals surface area contributed by atoms with Crippen molar-refractivity contribution >= 4 is 50.1 Å². The number of carbonyl (C=O) groups is 1. The van der Waals surface area contributed by atoms with E-state index < -0.39 is 58.8 Å². The molecule has 0 saturated carbocycles. The quantitative estimate of drug-likeness (QED) is 0.130. The lowest BCUT2D eigenvalue weighted by atomic mass is 9.99. The Balaban J connectivity index is 1.49. The first kappa shape index (κ1) is 35.1.